The van der Waals surface area contributed by atoms with E-state index < -0.39 is 10.0 Å². The molecule has 8 heteroatoms. The van der Waals surface area contributed by atoms with Crippen LogP contribution in [0.15, 0.2) is 24.3 Å². The molecular weight excluding hydrogens is 344 g/mol. The smallest absolute Gasteiger partial charge is 0.251 e. The van der Waals surface area contributed by atoms with E-state index in [2.05, 4.69) is 5.32 Å². The van der Waals surface area contributed by atoms with Crippen molar-refractivity contribution in [2.24, 2.45) is 0 Å². The Morgan fingerprint density at radius 3 is 2.56 bits per heavy atom. The van der Waals surface area contributed by atoms with Gasteiger partial charge in [-0.05, 0) is 31.0 Å². The molecule has 1 saturated heterocycles. The Morgan fingerprint density at radius 1 is 1.24 bits per heavy atom. The summed E-state index contributed by atoms with van der Waals surface area (Å²) in [5, 5.41) is 2.82. The lowest BCUT2D eigenvalue weighted by Gasteiger charge is -2.26. The predicted molar refractivity (Wildman–Crippen MR) is 94.9 cm³/mol. The van der Waals surface area contributed by atoms with E-state index in [1.807, 2.05) is 6.92 Å². The monoisotopic (exact) mass is 370 g/mol. The molecular formula is C17H26N2O5S. The standard InChI is InChI=1S/C17H26N2O5S/c1-2-23-11-3-8-18-17(20)16-6-4-15(5-7-16)14-25(21,22)19-9-12-24-13-10-19/h4-7H,2-3,8-14H2,1H3,(H,18,20). The van der Waals surface area contributed by atoms with Crippen molar-refractivity contribution in [2.75, 3.05) is 46.1 Å². The van der Waals surface area contributed by atoms with Gasteiger partial charge in [0.25, 0.3) is 5.91 Å². The number of nitrogens with one attached hydrogen (secondary N) is 1. The van der Waals surface area contributed by atoms with Crippen molar-refractivity contribution >= 4 is 15.9 Å². The molecule has 25 heavy (non-hydrogen) atoms. The molecule has 1 heterocycles. The molecule has 1 amide bonds. The first-order chi connectivity index (χ1) is 12.0. The zero-order chi connectivity index (χ0) is 18.1. The van der Waals surface area contributed by atoms with Gasteiger partial charge in [0.1, 0.15) is 0 Å². The number of sulfonamides is 1. The highest BCUT2D eigenvalue weighted by atomic mass is 32.2. The summed E-state index contributed by atoms with van der Waals surface area (Å²) in [4.78, 5) is 12.0. The first-order valence-corrected chi connectivity index (χ1v) is 10.1. The number of morpholine rings is 1. The number of hydrogen-bond donors (Lipinski definition) is 1. The maximum Gasteiger partial charge on any atom is 0.251 e. The van der Waals surface area contributed by atoms with Gasteiger partial charge >= 0.3 is 0 Å². The normalized spacial score (nSPS) is 15.9. The molecule has 1 aliphatic heterocycles. The Hall–Kier alpha value is -1.48. The largest absolute Gasteiger partial charge is 0.382 e. The Balaban J connectivity index is 1.85. The van der Waals surface area contributed by atoms with Gasteiger partial charge in [0.2, 0.25) is 10.0 Å². The second-order valence-corrected chi connectivity index (χ2v) is 7.74. The van der Waals surface area contributed by atoms with Crippen LogP contribution in [-0.4, -0.2) is 64.7 Å². The first kappa shape index (κ1) is 19.8. The van der Waals surface area contributed by atoms with Gasteiger partial charge < -0.3 is 14.8 Å². The van der Waals surface area contributed by atoms with Crippen molar-refractivity contribution in [3.8, 4) is 0 Å². The second kappa shape index (κ2) is 9.86. The highest BCUT2D eigenvalue weighted by Gasteiger charge is 2.24. The fourth-order valence-electron chi connectivity index (χ4n) is 2.50. The zero-order valence-corrected chi connectivity index (χ0v) is 15.4. The van der Waals surface area contributed by atoms with Gasteiger partial charge in [-0.15, -0.1) is 0 Å². The van der Waals surface area contributed by atoms with Crippen molar-refractivity contribution in [1.29, 1.82) is 0 Å². The van der Waals surface area contributed by atoms with Crippen molar-refractivity contribution in [1.82, 2.24) is 9.62 Å². The fourth-order valence-corrected chi connectivity index (χ4v) is 4.00. The third kappa shape index (κ3) is 6.39. The summed E-state index contributed by atoms with van der Waals surface area (Å²) in [6.07, 6.45) is 0.759. The van der Waals surface area contributed by atoms with Gasteiger partial charge in [0.15, 0.2) is 0 Å². The molecule has 0 unspecified atom stereocenters. The maximum absolute atomic E-state index is 12.4. The second-order valence-electron chi connectivity index (χ2n) is 5.77. The minimum atomic E-state index is -3.35. The summed E-state index contributed by atoms with van der Waals surface area (Å²) in [7, 11) is -3.35. The van der Waals surface area contributed by atoms with Gasteiger partial charge in [-0.25, -0.2) is 8.42 Å². The first-order valence-electron chi connectivity index (χ1n) is 8.53. The number of carbonyl (C=O) groups excluding carboxylic acids is 1. The number of amides is 1. The van der Waals surface area contributed by atoms with Crippen LogP contribution < -0.4 is 5.32 Å². The number of ether oxygens (including phenoxy) is 2. The summed E-state index contributed by atoms with van der Waals surface area (Å²) in [6, 6.07) is 6.68. The maximum atomic E-state index is 12.4. The van der Waals surface area contributed by atoms with Crippen molar-refractivity contribution in [2.45, 2.75) is 19.1 Å². The topological polar surface area (TPSA) is 84.9 Å². The van der Waals surface area contributed by atoms with Gasteiger partial charge in [0, 0.05) is 38.4 Å². The van der Waals surface area contributed by atoms with Gasteiger partial charge in [-0.1, -0.05) is 12.1 Å². The SMILES string of the molecule is CCOCCCNC(=O)c1ccc(CS(=O)(=O)N2CCOCC2)cc1. The van der Waals surface area contributed by atoms with Crippen molar-refractivity contribution in [3.05, 3.63) is 35.4 Å². The lowest BCUT2D eigenvalue weighted by atomic mass is 10.1. The van der Waals surface area contributed by atoms with E-state index in [0.29, 0.717) is 57.2 Å². The third-order valence-corrected chi connectivity index (χ3v) is 5.73. The molecule has 0 bridgehead atoms. The molecule has 1 aromatic rings. The molecule has 140 valence electrons. The van der Waals surface area contributed by atoms with Crippen LogP contribution in [0.4, 0.5) is 0 Å². The summed E-state index contributed by atoms with van der Waals surface area (Å²) in [5.41, 5.74) is 1.18. The van der Waals surface area contributed by atoms with Crippen LogP contribution in [0.3, 0.4) is 0 Å². The van der Waals surface area contributed by atoms with Crippen LogP contribution >= 0.6 is 0 Å². The molecule has 0 aromatic heterocycles. The average molecular weight is 370 g/mol. The number of rotatable bonds is 9. The van der Waals surface area contributed by atoms with E-state index in [4.69, 9.17) is 9.47 Å². The highest BCUT2D eigenvalue weighted by Crippen LogP contribution is 2.13. The van der Waals surface area contributed by atoms with Crippen LogP contribution in [0.1, 0.15) is 29.3 Å². The van der Waals surface area contributed by atoms with E-state index in [-0.39, 0.29) is 11.7 Å². The molecule has 2 rings (SSSR count). The number of carbonyl (C=O) groups is 1. The van der Waals surface area contributed by atoms with E-state index in [9.17, 15) is 13.2 Å². The van der Waals surface area contributed by atoms with Crippen molar-refractivity contribution < 1.29 is 22.7 Å². The molecule has 0 aliphatic carbocycles. The molecule has 1 fully saturated rings. The van der Waals surface area contributed by atoms with Crippen LogP contribution in [0.2, 0.25) is 0 Å². The molecule has 0 spiro atoms. The molecule has 1 aliphatic rings. The van der Waals surface area contributed by atoms with Crippen LogP contribution in [0.5, 0.6) is 0 Å². The molecule has 1 N–H and O–H groups in total. The molecule has 0 atom stereocenters. The average Bonchev–Trinajstić information content (AvgIpc) is 2.62. The van der Waals surface area contributed by atoms with Crippen LogP contribution in [0.25, 0.3) is 0 Å². The molecule has 0 radical (unpaired) electrons. The van der Waals surface area contributed by atoms with Crippen LogP contribution in [-0.2, 0) is 25.2 Å². The number of nitrogens with zero attached hydrogens (tertiary/aromatic N) is 1. The summed E-state index contributed by atoms with van der Waals surface area (Å²) >= 11 is 0. The van der Waals surface area contributed by atoms with Gasteiger partial charge in [0.05, 0.1) is 19.0 Å². The zero-order valence-electron chi connectivity index (χ0n) is 14.6. The summed E-state index contributed by atoms with van der Waals surface area (Å²) < 4.78 is 36.6. The molecule has 0 saturated carbocycles. The summed E-state index contributed by atoms with van der Waals surface area (Å²) in [5.74, 6) is -0.234. The Bertz CT molecular complexity index is 640. The van der Waals surface area contributed by atoms with E-state index in [1.165, 1.54) is 4.31 Å². The van der Waals surface area contributed by atoms with Crippen molar-refractivity contribution in [3.63, 3.8) is 0 Å². The molecule has 1 aromatic carbocycles. The fraction of sp³-hybridized carbons (Fsp3) is 0.588. The molecule has 7 nitrogen and oxygen atoms in total. The van der Waals surface area contributed by atoms with Gasteiger partial charge in [-0.2, -0.15) is 4.31 Å². The predicted octanol–water partition coefficient (Wildman–Crippen LogP) is 1.01. The minimum absolute atomic E-state index is 0.0662. The number of benzene rings is 1. The van der Waals surface area contributed by atoms with Crippen LogP contribution in [0, 0.1) is 0 Å². The minimum Gasteiger partial charge on any atom is -0.382 e. The Kier molecular flexibility index (Phi) is 7.83. The Morgan fingerprint density at radius 2 is 1.92 bits per heavy atom. The Labute approximate surface area is 149 Å². The van der Waals surface area contributed by atoms with E-state index in [0.717, 1.165) is 6.42 Å². The highest BCUT2D eigenvalue weighted by molar-refractivity contribution is 7.88. The van der Waals surface area contributed by atoms with E-state index in [1.54, 1.807) is 24.3 Å². The lowest BCUT2D eigenvalue weighted by molar-refractivity contribution is 0.0729. The van der Waals surface area contributed by atoms with E-state index >= 15 is 0 Å². The van der Waals surface area contributed by atoms with Gasteiger partial charge in [-0.3, -0.25) is 4.79 Å². The number of hydrogen-bond acceptors (Lipinski definition) is 5. The third-order valence-electron chi connectivity index (χ3n) is 3.88. The quantitative estimate of drug-likeness (QED) is 0.656. The lowest BCUT2D eigenvalue weighted by Crippen LogP contribution is -2.41. The summed E-state index contributed by atoms with van der Waals surface area (Å²) in [6.45, 7) is 5.42.